The molecule has 6 nitrogen and oxygen atoms in total. The van der Waals surface area contributed by atoms with E-state index >= 15 is 0 Å². The van der Waals surface area contributed by atoms with Crippen LogP contribution in [0.1, 0.15) is 31.2 Å². The molecule has 0 unspecified atom stereocenters. The molecule has 0 atom stereocenters. The van der Waals surface area contributed by atoms with Gasteiger partial charge in [-0.25, -0.2) is 0 Å². The number of thioether (sulfide) groups is 1. The number of aromatic nitrogens is 3. The summed E-state index contributed by atoms with van der Waals surface area (Å²) in [5.74, 6) is 1.73. The monoisotopic (exact) mass is 478 g/mol. The molecule has 1 N–H and O–H groups in total. The van der Waals surface area contributed by atoms with Crippen molar-refractivity contribution in [1.29, 1.82) is 0 Å². The van der Waals surface area contributed by atoms with Crippen LogP contribution in [0.3, 0.4) is 0 Å². The van der Waals surface area contributed by atoms with Gasteiger partial charge in [0.15, 0.2) is 17.6 Å². The SMILES string of the molecule is CCCCSc1nnc(CNC(=O)COc2ccc(Cl)cc2Cl)n1-c1cccc(C)c1. The van der Waals surface area contributed by atoms with Gasteiger partial charge in [0.25, 0.3) is 5.91 Å². The van der Waals surface area contributed by atoms with Crippen LogP contribution in [0.4, 0.5) is 0 Å². The molecule has 9 heteroatoms. The highest BCUT2D eigenvalue weighted by Crippen LogP contribution is 2.27. The van der Waals surface area contributed by atoms with Crippen LogP contribution in [0, 0.1) is 6.92 Å². The summed E-state index contributed by atoms with van der Waals surface area (Å²) in [6, 6.07) is 13.0. The van der Waals surface area contributed by atoms with E-state index < -0.39 is 0 Å². The van der Waals surface area contributed by atoms with E-state index in [9.17, 15) is 4.79 Å². The third kappa shape index (κ3) is 6.63. The van der Waals surface area contributed by atoms with Gasteiger partial charge in [-0.2, -0.15) is 0 Å². The molecule has 2 aromatic carbocycles. The van der Waals surface area contributed by atoms with Gasteiger partial charge in [-0.1, -0.05) is 60.4 Å². The molecule has 0 saturated heterocycles. The lowest BCUT2D eigenvalue weighted by molar-refractivity contribution is -0.123. The van der Waals surface area contributed by atoms with E-state index in [0.29, 0.717) is 21.6 Å². The zero-order valence-electron chi connectivity index (χ0n) is 17.4. The van der Waals surface area contributed by atoms with E-state index in [1.165, 1.54) is 0 Å². The Morgan fingerprint density at radius 2 is 2.03 bits per heavy atom. The molecule has 0 aliphatic heterocycles. The van der Waals surface area contributed by atoms with Crippen LogP contribution in [0.25, 0.3) is 5.69 Å². The van der Waals surface area contributed by atoms with Crippen molar-refractivity contribution in [2.45, 2.75) is 38.4 Å². The molecule has 164 valence electrons. The topological polar surface area (TPSA) is 69.0 Å². The summed E-state index contributed by atoms with van der Waals surface area (Å²) >= 11 is 13.6. The van der Waals surface area contributed by atoms with Gasteiger partial charge in [-0.15, -0.1) is 10.2 Å². The number of halogens is 2. The molecule has 0 radical (unpaired) electrons. The second kappa shape index (κ2) is 11.4. The Kier molecular flexibility index (Phi) is 8.63. The van der Waals surface area contributed by atoms with Crippen LogP contribution in [-0.4, -0.2) is 33.0 Å². The first-order chi connectivity index (χ1) is 15.0. The number of amides is 1. The van der Waals surface area contributed by atoms with Crippen molar-refractivity contribution in [2.75, 3.05) is 12.4 Å². The summed E-state index contributed by atoms with van der Waals surface area (Å²) in [4.78, 5) is 12.3. The molecule has 0 fully saturated rings. The van der Waals surface area contributed by atoms with Crippen molar-refractivity contribution >= 4 is 40.9 Å². The Balaban J connectivity index is 1.68. The molecule has 0 bridgehead atoms. The highest BCUT2D eigenvalue weighted by molar-refractivity contribution is 7.99. The largest absolute Gasteiger partial charge is 0.482 e. The van der Waals surface area contributed by atoms with Crippen molar-refractivity contribution in [1.82, 2.24) is 20.1 Å². The predicted octanol–water partition coefficient (Wildman–Crippen LogP) is 5.47. The van der Waals surface area contributed by atoms with Crippen molar-refractivity contribution in [2.24, 2.45) is 0 Å². The Morgan fingerprint density at radius 1 is 1.19 bits per heavy atom. The molecule has 0 saturated carbocycles. The number of hydrogen-bond acceptors (Lipinski definition) is 5. The van der Waals surface area contributed by atoms with Gasteiger partial charge >= 0.3 is 0 Å². The number of aryl methyl sites for hydroxylation is 1. The molecule has 31 heavy (non-hydrogen) atoms. The molecule has 1 heterocycles. The fourth-order valence-corrected chi connectivity index (χ4v) is 4.32. The number of rotatable bonds is 10. The molecule has 3 aromatic rings. The highest BCUT2D eigenvalue weighted by atomic mass is 35.5. The normalized spacial score (nSPS) is 10.8. The minimum absolute atomic E-state index is 0.169. The quantitative estimate of drug-likeness (QED) is 0.309. The van der Waals surface area contributed by atoms with Gasteiger partial charge in [0.05, 0.1) is 11.6 Å². The molecule has 1 aromatic heterocycles. The lowest BCUT2D eigenvalue weighted by Gasteiger charge is -2.12. The third-order valence-electron chi connectivity index (χ3n) is 4.39. The summed E-state index contributed by atoms with van der Waals surface area (Å²) < 4.78 is 7.48. The van der Waals surface area contributed by atoms with E-state index in [-0.39, 0.29) is 19.1 Å². The highest BCUT2D eigenvalue weighted by Gasteiger charge is 2.16. The predicted molar refractivity (Wildman–Crippen MR) is 126 cm³/mol. The van der Waals surface area contributed by atoms with Gasteiger partial charge < -0.3 is 10.1 Å². The first-order valence-corrected chi connectivity index (χ1v) is 11.7. The number of unbranched alkanes of at least 4 members (excludes halogenated alkanes) is 1. The fourth-order valence-electron chi connectivity index (χ4n) is 2.81. The lowest BCUT2D eigenvalue weighted by Crippen LogP contribution is -2.29. The minimum Gasteiger partial charge on any atom is -0.482 e. The summed E-state index contributed by atoms with van der Waals surface area (Å²) in [5, 5.41) is 13.2. The van der Waals surface area contributed by atoms with Crippen LogP contribution in [0.2, 0.25) is 10.0 Å². The second-order valence-electron chi connectivity index (χ2n) is 6.92. The smallest absolute Gasteiger partial charge is 0.258 e. The van der Waals surface area contributed by atoms with Gasteiger partial charge in [-0.3, -0.25) is 9.36 Å². The van der Waals surface area contributed by atoms with E-state index in [0.717, 1.165) is 35.0 Å². The van der Waals surface area contributed by atoms with Crippen molar-refractivity contribution < 1.29 is 9.53 Å². The maximum absolute atomic E-state index is 12.3. The van der Waals surface area contributed by atoms with Crippen molar-refractivity contribution in [3.8, 4) is 11.4 Å². The van der Waals surface area contributed by atoms with Crippen LogP contribution in [0.5, 0.6) is 5.75 Å². The summed E-state index contributed by atoms with van der Waals surface area (Å²) in [6.07, 6.45) is 2.22. The Bertz CT molecular complexity index is 1040. The summed E-state index contributed by atoms with van der Waals surface area (Å²) in [7, 11) is 0. The van der Waals surface area contributed by atoms with Crippen molar-refractivity contribution in [3.05, 3.63) is 63.9 Å². The van der Waals surface area contributed by atoms with Gasteiger partial charge in [0.2, 0.25) is 0 Å². The zero-order valence-corrected chi connectivity index (χ0v) is 19.7. The number of hydrogen-bond donors (Lipinski definition) is 1. The molecule has 1 amide bonds. The molecular weight excluding hydrogens is 455 g/mol. The summed E-state index contributed by atoms with van der Waals surface area (Å²) in [6.45, 7) is 4.26. The number of carbonyl (C=O) groups excluding carboxylic acids is 1. The van der Waals surface area contributed by atoms with Gasteiger partial charge in [0.1, 0.15) is 5.75 Å². The van der Waals surface area contributed by atoms with Crippen LogP contribution >= 0.6 is 35.0 Å². The number of carbonyl (C=O) groups is 1. The van der Waals surface area contributed by atoms with E-state index in [1.807, 2.05) is 29.7 Å². The fraction of sp³-hybridized carbons (Fsp3) is 0.318. The summed E-state index contributed by atoms with van der Waals surface area (Å²) in [5.41, 5.74) is 2.11. The average Bonchev–Trinajstić information content (AvgIpc) is 3.14. The Labute approximate surface area is 196 Å². The number of nitrogens with zero attached hydrogens (tertiary/aromatic N) is 3. The Morgan fingerprint density at radius 3 is 2.77 bits per heavy atom. The Hall–Kier alpha value is -2.22. The van der Waals surface area contributed by atoms with Crippen LogP contribution in [-0.2, 0) is 11.3 Å². The lowest BCUT2D eigenvalue weighted by atomic mass is 10.2. The third-order valence-corrected chi connectivity index (χ3v) is 5.93. The number of benzene rings is 2. The molecule has 0 aliphatic rings. The van der Waals surface area contributed by atoms with E-state index in [4.69, 9.17) is 27.9 Å². The van der Waals surface area contributed by atoms with Gasteiger partial charge in [-0.05, 0) is 49.2 Å². The first-order valence-electron chi connectivity index (χ1n) is 9.96. The molecule has 3 rings (SSSR count). The van der Waals surface area contributed by atoms with E-state index in [2.05, 4.69) is 28.5 Å². The van der Waals surface area contributed by atoms with Crippen molar-refractivity contribution in [3.63, 3.8) is 0 Å². The first kappa shape index (κ1) is 23.4. The number of nitrogens with one attached hydrogen (secondary N) is 1. The average molecular weight is 479 g/mol. The molecule has 0 aliphatic carbocycles. The molecular formula is C22H24Cl2N4O2S. The maximum Gasteiger partial charge on any atom is 0.258 e. The number of ether oxygens (including phenoxy) is 1. The second-order valence-corrected chi connectivity index (χ2v) is 8.82. The zero-order chi connectivity index (χ0) is 22.2. The minimum atomic E-state index is -0.287. The molecule has 0 spiro atoms. The van der Waals surface area contributed by atoms with Gasteiger partial charge in [0, 0.05) is 16.5 Å². The van der Waals surface area contributed by atoms with Crippen LogP contribution in [0.15, 0.2) is 47.6 Å². The van der Waals surface area contributed by atoms with Crippen LogP contribution < -0.4 is 10.1 Å². The maximum atomic E-state index is 12.3. The van der Waals surface area contributed by atoms with E-state index in [1.54, 1.807) is 30.0 Å². The standard InChI is InChI=1S/C22H24Cl2N4O2S/c1-3-4-10-31-22-27-26-20(28(22)17-7-5-6-15(2)11-17)13-25-21(29)14-30-19-9-8-16(23)12-18(19)24/h5-9,11-12H,3-4,10,13-14H2,1-2H3,(H,25,29).